The van der Waals surface area contributed by atoms with E-state index >= 15 is 19.2 Å². The Hall–Kier alpha value is -13.8. The average Bonchev–Trinajstić information content (AvgIpc) is 1.67. The van der Waals surface area contributed by atoms with Gasteiger partial charge in [0.25, 0.3) is 0 Å². The van der Waals surface area contributed by atoms with Gasteiger partial charge in [-0.05, 0) is 85.4 Å². The van der Waals surface area contributed by atoms with Crippen LogP contribution in [-0.4, -0.2) is 344 Å². The highest BCUT2D eigenvalue weighted by molar-refractivity contribution is 6.01. The first-order chi connectivity index (χ1) is 69.5. The van der Waals surface area contributed by atoms with E-state index in [0.717, 1.165) is 49.2 Å². The predicted molar refractivity (Wildman–Crippen MR) is 520 cm³/mol. The molecule has 16 amide bonds. The van der Waals surface area contributed by atoms with Gasteiger partial charge in [0, 0.05) is 94.6 Å². The van der Waals surface area contributed by atoms with Gasteiger partial charge in [-0.25, -0.2) is 5.10 Å². The molecule has 2 aliphatic rings. The minimum atomic E-state index is -2.15. The normalized spacial score (nSPS) is 18.3. The first kappa shape index (κ1) is 120. The summed E-state index contributed by atoms with van der Waals surface area (Å²) in [7, 11) is 0. The quantitative estimate of drug-likeness (QED) is 0.0112. The van der Waals surface area contributed by atoms with Crippen LogP contribution in [0.5, 0.6) is 0 Å². The number of fused-ring (bicyclic) bond motifs is 2. The Balaban J connectivity index is 1.13. The van der Waals surface area contributed by atoms with Crippen LogP contribution >= 0.6 is 0 Å². The highest BCUT2D eigenvalue weighted by Gasteiger charge is 2.45. The lowest BCUT2D eigenvalue weighted by atomic mass is 10.00. The molecule has 4 heterocycles. The fourth-order valence-electron chi connectivity index (χ4n) is 16.2. The van der Waals surface area contributed by atoms with Gasteiger partial charge < -0.3 is 137 Å². The van der Waals surface area contributed by atoms with Crippen LogP contribution in [-0.2, 0) is 120 Å². The number of Topliss-reactive ketones (excluding diaryl/α,β-unsaturated/α-hetero) is 1. The van der Waals surface area contributed by atoms with Gasteiger partial charge >= 0.3 is 11.9 Å². The first-order valence-electron chi connectivity index (χ1n) is 49.4. The minimum Gasteiger partial charge on any atom is -0.480 e. The third-order valence-corrected chi connectivity index (χ3v) is 24.1. The summed E-state index contributed by atoms with van der Waals surface area (Å²) in [6.07, 6.45) is 13.4. The third-order valence-electron chi connectivity index (χ3n) is 24.1. The average molecular weight is 2040 g/mol. The zero-order valence-corrected chi connectivity index (χ0v) is 82.0. The number of amides is 16. The molecule has 0 spiro atoms. The number of nitrogens with zero attached hydrogens (tertiary/aromatic N) is 5. The first-order valence-corrected chi connectivity index (χ1v) is 49.4. The Kier molecular flexibility index (Phi) is 55.4. The number of aromatic nitrogens is 5. The molecule has 2 saturated heterocycles. The highest BCUT2D eigenvalue weighted by atomic mass is 16.5. The molecule has 0 aliphatic carbocycles. The predicted octanol–water partition coefficient (Wildman–Crippen LogP) is -4.66. The standard InChI is InChI=1S/C94H145N25O26/c1-2-3-30-65(84(134)109-68-37-36-60(122)28-19-16-20-32-64(83(96)133)105-88(138)70(46-59-48-101-63-31-24-23-29-62(59)63)110-85(135)66(33-25-40-100-94(97)98)106-87(137)69(45-58-26-17-15-18-27-58)111-92(142)74-47-61(123)51-119(74)93(68)143)107-89(139)71(49-102-79(127)52-118(53-81(129)130)54-82(131)132)112-91(141)73(56-121)113-86(136)67(38-39-75(95)124)108-90(140)72(55-120)104-78(126)50-103-80(128)57-145-44-43-144-42-41-99-77(125)35-22-14-12-10-8-6-4-5-7-9-11-13-21-34-76-114-116-117-115-76/h15,17-18,23-24,26-27,29,31,48,61,64-74,101,120-121,123H,2-14,16,19-22,25,28,30,32-47,49-57H2,1H3,(H2,95,124)(H2,96,133)(H,99,125)(H,102,127)(H,103,128)(H,104,126)(H,105,138)(H,106,137)(H,107,139)(H,108,140)(H,109,134)(H,110,135)(H,111,142)(H,112,141)(H,113,136)(H,129,130)(H,131,132)(H4,97,98,100)(H,114,115,116,117)/t61-,64+,65+,66+,67+,68+,69-,70+,71+,72+,73+,74+/m1/s1. The van der Waals surface area contributed by atoms with Gasteiger partial charge in [-0.2, -0.15) is 0 Å². The minimum absolute atomic E-state index is 0.0169. The molecule has 2 fully saturated rings. The lowest BCUT2D eigenvalue weighted by Crippen LogP contribution is -2.62. The molecule has 12 atom stereocenters. The number of aliphatic hydroxyl groups excluding tert-OH is 3. The van der Waals surface area contributed by atoms with Crippen molar-refractivity contribution in [1.82, 2.24) is 110 Å². The summed E-state index contributed by atoms with van der Waals surface area (Å²) in [4.78, 5) is 267. The van der Waals surface area contributed by atoms with Crippen LogP contribution < -0.4 is 91.6 Å². The molecular formula is C94H145N25O26. The molecule has 4 aromatic rings. The molecule has 2 aromatic carbocycles. The molecular weight excluding hydrogens is 1900 g/mol. The van der Waals surface area contributed by atoms with Crippen molar-refractivity contribution in [3.05, 3.63) is 77.7 Å². The van der Waals surface area contributed by atoms with Gasteiger partial charge in [0.05, 0.1) is 65.3 Å². The Morgan fingerprint density at radius 3 is 1.78 bits per heavy atom. The second-order valence-electron chi connectivity index (χ2n) is 35.9. The van der Waals surface area contributed by atoms with Crippen LogP contribution in [0, 0.1) is 5.41 Å². The fourth-order valence-corrected chi connectivity index (χ4v) is 16.2. The van der Waals surface area contributed by atoms with Crippen LogP contribution in [0.2, 0.25) is 0 Å². The summed E-state index contributed by atoms with van der Waals surface area (Å²) in [6, 6.07) is -3.72. The number of para-hydroxylation sites is 1. The monoisotopic (exact) mass is 2040 g/mol. The number of hydrogen-bond donors (Lipinski definition) is 25. The molecule has 2 aromatic heterocycles. The van der Waals surface area contributed by atoms with E-state index in [1.165, 1.54) is 51.4 Å². The highest BCUT2D eigenvalue weighted by Crippen LogP contribution is 2.25. The van der Waals surface area contributed by atoms with Gasteiger partial charge in [-0.3, -0.25) is 101 Å². The van der Waals surface area contributed by atoms with E-state index in [1.54, 1.807) is 67.7 Å². The largest absolute Gasteiger partial charge is 0.480 e. The second kappa shape index (κ2) is 66.9. The van der Waals surface area contributed by atoms with Crippen molar-refractivity contribution in [2.24, 2.45) is 17.2 Å². The maximum absolute atomic E-state index is 15.5. The number of nitrogens with one attached hydrogen (secondary N) is 17. The number of aromatic amines is 2. The zero-order valence-electron chi connectivity index (χ0n) is 82.0. The summed E-state index contributed by atoms with van der Waals surface area (Å²) in [5, 5.41) is 108. The molecule has 0 saturated carbocycles. The maximum Gasteiger partial charge on any atom is 0.317 e. The number of rotatable bonds is 62. The number of nitrogens with two attached hydrogens (primary N) is 3. The SMILES string of the molecule is CCCC[C@H](NC(=O)[C@H](CNC(=O)CN(CC(=O)O)CC(=O)O)NC(=O)[C@H](CO)NC(=O)[C@H](CCC(N)=O)NC(=O)[C@H](CO)NC(=O)CNC(=O)COCCOCCNC(=O)CCCCCCCCCCCCCCCc1nnn[nH]1)C(=O)N[C@H]1CCC(=O)CCCCC[C@@H](C(N)=O)NC(=O)[C@H](Cc2c[nH]c3ccccc23)NC(=O)[C@H](CCCNC(=N)N)NC(=O)[C@@H](Cc2ccccc2)NC(=O)[C@@H]2C[C@@H](O)CN2C1=O. The molecule has 0 bridgehead atoms. The number of carbonyl (C=O) groups is 19. The molecule has 51 heteroatoms. The van der Waals surface area contributed by atoms with Crippen LogP contribution in [0.3, 0.4) is 0 Å². The third kappa shape index (κ3) is 47.1. The number of aryl methyl sites for hydroxylation is 1. The van der Waals surface area contributed by atoms with Gasteiger partial charge in [0.2, 0.25) is 94.5 Å². The number of tetrazole rings is 1. The number of primary amides is 2. The van der Waals surface area contributed by atoms with E-state index in [2.05, 4.69) is 100 Å². The fraction of sp³-hybridized carbons (Fsp3) is 0.628. The summed E-state index contributed by atoms with van der Waals surface area (Å²) >= 11 is 0. The van der Waals surface area contributed by atoms with Gasteiger partial charge in [0.1, 0.15) is 84.7 Å². The van der Waals surface area contributed by atoms with E-state index in [4.69, 9.17) is 32.1 Å². The number of carboxylic acid groups (broad SMARTS) is 2. The lowest BCUT2D eigenvalue weighted by molar-refractivity contribution is -0.143. The van der Waals surface area contributed by atoms with Crippen molar-refractivity contribution in [3.63, 3.8) is 0 Å². The topological polar surface area (TPSA) is 791 Å². The number of aliphatic carboxylic acids is 2. The Bertz CT molecular complexity index is 4840. The van der Waals surface area contributed by atoms with Crippen molar-refractivity contribution in [1.29, 1.82) is 5.41 Å². The van der Waals surface area contributed by atoms with Crippen LogP contribution in [0.25, 0.3) is 10.9 Å². The number of unbranched alkanes of at least 4 members (excludes halogenated alkanes) is 13. The number of H-pyrrole nitrogens is 2. The van der Waals surface area contributed by atoms with Crippen molar-refractivity contribution in [2.75, 3.05) is 92.0 Å². The lowest BCUT2D eigenvalue weighted by Gasteiger charge is -2.31. The van der Waals surface area contributed by atoms with Crippen molar-refractivity contribution >= 4 is 129 Å². The number of guanidine groups is 1. The molecule has 2 aliphatic heterocycles. The number of carbonyl (C=O) groups excluding carboxylic acids is 17. The summed E-state index contributed by atoms with van der Waals surface area (Å²) in [5.74, 6) is -19.6. The maximum atomic E-state index is 15.5. The van der Waals surface area contributed by atoms with Crippen LogP contribution in [0.1, 0.15) is 210 Å². The van der Waals surface area contributed by atoms with Crippen LogP contribution in [0.4, 0.5) is 0 Å². The molecule has 145 heavy (non-hydrogen) atoms. The molecule has 6 rings (SSSR count). The van der Waals surface area contributed by atoms with Crippen LogP contribution in [0.15, 0.2) is 60.8 Å². The van der Waals surface area contributed by atoms with E-state index in [9.17, 15) is 97.5 Å². The number of ether oxygens (including phenoxy) is 2. The van der Waals surface area contributed by atoms with E-state index in [1.807, 2.05) is 0 Å². The van der Waals surface area contributed by atoms with Gasteiger partial charge in [-0.15, -0.1) is 5.10 Å². The van der Waals surface area contributed by atoms with E-state index < -0.39 is 276 Å². The van der Waals surface area contributed by atoms with Crippen molar-refractivity contribution < 1.29 is 126 Å². The summed E-state index contributed by atoms with van der Waals surface area (Å²) in [5.41, 5.74) is 18.6. The number of benzene rings is 2. The molecule has 802 valence electrons. The molecule has 51 nitrogen and oxygen atoms in total. The molecule has 0 unspecified atom stereocenters. The zero-order chi connectivity index (χ0) is 106. The number of aliphatic hydroxyl groups is 3. The Labute approximate surface area is 838 Å². The smallest absolute Gasteiger partial charge is 0.317 e. The Morgan fingerprint density at radius 1 is 0.552 bits per heavy atom. The second-order valence-corrected chi connectivity index (χ2v) is 35.9. The van der Waals surface area contributed by atoms with Crippen molar-refractivity contribution in [3.8, 4) is 0 Å². The summed E-state index contributed by atoms with van der Waals surface area (Å²) in [6.45, 7) is -6.21. The van der Waals surface area contributed by atoms with E-state index in [0.29, 0.717) is 39.8 Å². The number of ketones is 1. The van der Waals surface area contributed by atoms with Gasteiger partial charge in [0.15, 0.2) is 5.96 Å². The van der Waals surface area contributed by atoms with E-state index in [-0.39, 0.29) is 109 Å². The summed E-state index contributed by atoms with van der Waals surface area (Å²) < 4.78 is 10.8. The Morgan fingerprint density at radius 2 is 1.14 bits per heavy atom. The van der Waals surface area contributed by atoms with Crippen molar-refractivity contribution in [2.45, 2.75) is 285 Å². The number of carboxylic acids is 2. The molecule has 0 radical (unpaired) electrons. The number of hydrogen-bond acceptors (Lipinski definition) is 29. The van der Waals surface area contributed by atoms with Gasteiger partial charge in [-0.1, -0.05) is 152 Å². The molecule has 28 N–H and O–H groups in total.